The quantitative estimate of drug-likeness (QED) is 0.708. The van der Waals surface area contributed by atoms with Crippen LogP contribution in [0.15, 0.2) is 71.6 Å². The molecule has 0 heterocycles. The Morgan fingerprint density at radius 2 is 1.57 bits per heavy atom. The Hall–Kier alpha value is -2.37. The van der Waals surface area contributed by atoms with Crippen LogP contribution in [0.2, 0.25) is 0 Å². The fourth-order valence-electron chi connectivity index (χ4n) is 2.56. The summed E-state index contributed by atoms with van der Waals surface area (Å²) in [5, 5.41) is 2.31. The molecular formula is C18H18N2O2S. The molecule has 4 nitrogen and oxygen atoms in total. The zero-order valence-electron chi connectivity index (χ0n) is 12.6. The van der Waals surface area contributed by atoms with Gasteiger partial charge in [0.1, 0.15) is 0 Å². The molecule has 0 aliphatic heterocycles. The van der Waals surface area contributed by atoms with Crippen molar-refractivity contribution in [3.63, 3.8) is 0 Å². The molecule has 0 bridgehead atoms. The molecule has 0 radical (unpaired) electrons. The maximum Gasteiger partial charge on any atom is 0.240 e. The van der Waals surface area contributed by atoms with E-state index in [2.05, 4.69) is 22.9 Å². The summed E-state index contributed by atoms with van der Waals surface area (Å²) >= 11 is 0. The topological polar surface area (TPSA) is 72.2 Å². The molecule has 0 unspecified atom stereocenters. The summed E-state index contributed by atoms with van der Waals surface area (Å²) in [7, 11) is -3.51. The number of nitrogens with two attached hydrogens (primary N) is 1. The Kier molecular flexibility index (Phi) is 4.32. The molecule has 23 heavy (non-hydrogen) atoms. The number of fused-ring (bicyclic) bond motifs is 1. The Bertz CT molecular complexity index is 914. The van der Waals surface area contributed by atoms with E-state index in [1.165, 1.54) is 12.1 Å². The fourth-order valence-corrected chi connectivity index (χ4v) is 3.59. The smallest absolute Gasteiger partial charge is 0.240 e. The normalized spacial score (nSPS) is 11.7. The number of nitrogens with one attached hydrogen (secondary N) is 1. The lowest BCUT2D eigenvalue weighted by atomic mass is 10.0. The van der Waals surface area contributed by atoms with Crippen LogP contribution in [-0.4, -0.2) is 15.0 Å². The van der Waals surface area contributed by atoms with Crippen molar-refractivity contribution in [1.29, 1.82) is 0 Å². The van der Waals surface area contributed by atoms with Crippen molar-refractivity contribution in [2.24, 2.45) is 0 Å². The molecule has 0 atom stereocenters. The number of hydrogen-bond acceptors (Lipinski definition) is 3. The Labute approximate surface area is 136 Å². The molecule has 0 fully saturated rings. The van der Waals surface area contributed by atoms with E-state index < -0.39 is 10.0 Å². The lowest BCUT2D eigenvalue weighted by Crippen LogP contribution is -2.26. The van der Waals surface area contributed by atoms with Gasteiger partial charge in [0.05, 0.1) is 4.90 Å². The summed E-state index contributed by atoms with van der Waals surface area (Å²) in [6, 6.07) is 20.4. The summed E-state index contributed by atoms with van der Waals surface area (Å²) in [5.74, 6) is 0. The molecule has 0 amide bonds. The van der Waals surface area contributed by atoms with Crippen LogP contribution in [0.4, 0.5) is 5.69 Å². The average molecular weight is 326 g/mol. The first-order valence-corrected chi connectivity index (χ1v) is 8.86. The summed E-state index contributed by atoms with van der Waals surface area (Å²) in [6.45, 7) is 0.348. The molecule has 3 aromatic rings. The van der Waals surface area contributed by atoms with Gasteiger partial charge in [-0.3, -0.25) is 0 Å². The maximum atomic E-state index is 12.2. The van der Waals surface area contributed by atoms with Crippen molar-refractivity contribution in [3.05, 3.63) is 72.3 Å². The highest BCUT2D eigenvalue weighted by Gasteiger charge is 2.13. The van der Waals surface area contributed by atoms with Crippen LogP contribution in [-0.2, 0) is 16.4 Å². The lowest BCUT2D eigenvalue weighted by molar-refractivity contribution is 0.582. The second kappa shape index (κ2) is 6.40. The largest absolute Gasteiger partial charge is 0.399 e. The lowest BCUT2D eigenvalue weighted by Gasteiger charge is -2.09. The number of anilines is 1. The van der Waals surface area contributed by atoms with Gasteiger partial charge in [0.2, 0.25) is 10.0 Å². The zero-order chi connectivity index (χ0) is 16.3. The first-order valence-electron chi connectivity index (χ1n) is 7.38. The van der Waals surface area contributed by atoms with Crippen LogP contribution in [0, 0.1) is 0 Å². The van der Waals surface area contributed by atoms with Gasteiger partial charge >= 0.3 is 0 Å². The van der Waals surface area contributed by atoms with Crippen molar-refractivity contribution < 1.29 is 8.42 Å². The number of hydrogen-bond donors (Lipinski definition) is 2. The molecule has 3 N–H and O–H groups in total. The molecule has 3 rings (SSSR count). The Morgan fingerprint density at radius 3 is 2.35 bits per heavy atom. The van der Waals surface area contributed by atoms with Gasteiger partial charge in [0.15, 0.2) is 0 Å². The van der Waals surface area contributed by atoms with E-state index in [1.54, 1.807) is 12.1 Å². The number of rotatable bonds is 5. The van der Waals surface area contributed by atoms with Crippen molar-refractivity contribution >= 4 is 26.5 Å². The molecule has 0 spiro atoms. The molecule has 0 aliphatic carbocycles. The number of nitrogen functional groups attached to an aromatic ring is 1. The van der Waals surface area contributed by atoms with Gasteiger partial charge in [-0.05, 0) is 47.0 Å². The van der Waals surface area contributed by atoms with E-state index in [0.29, 0.717) is 18.7 Å². The summed E-state index contributed by atoms with van der Waals surface area (Å²) in [5.41, 5.74) is 7.25. The maximum absolute atomic E-state index is 12.2. The molecule has 0 saturated heterocycles. The molecule has 5 heteroatoms. The highest BCUT2D eigenvalue weighted by molar-refractivity contribution is 7.89. The predicted octanol–water partition coefficient (Wildman–Crippen LogP) is 2.94. The Morgan fingerprint density at radius 1 is 0.870 bits per heavy atom. The minimum Gasteiger partial charge on any atom is -0.399 e. The van der Waals surface area contributed by atoms with Gasteiger partial charge in [0, 0.05) is 12.2 Å². The number of benzene rings is 3. The monoisotopic (exact) mass is 326 g/mol. The molecule has 0 aliphatic rings. The zero-order valence-corrected chi connectivity index (χ0v) is 13.4. The third-order valence-corrected chi connectivity index (χ3v) is 5.23. The molecule has 3 aromatic carbocycles. The van der Waals surface area contributed by atoms with Crippen LogP contribution in [0.5, 0.6) is 0 Å². The van der Waals surface area contributed by atoms with Crippen LogP contribution in [0.1, 0.15) is 5.56 Å². The van der Waals surface area contributed by atoms with E-state index in [9.17, 15) is 8.42 Å². The summed E-state index contributed by atoms with van der Waals surface area (Å²) in [6.07, 6.45) is 0.634. The van der Waals surface area contributed by atoms with E-state index in [1.807, 2.05) is 24.3 Å². The second-order valence-electron chi connectivity index (χ2n) is 5.36. The van der Waals surface area contributed by atoms with Crippen molar-refractivity contribution in [3.8, 4) is 0 Å². The van der Waals surface area contributed by atoms with Gasteiger partial charge in [-0.15, -0.1) is 0 Å². The first-order chi connectivity index (χ1) is 11.1. The van der Waals surface area contributed by atoms with Gasteiger partial charge in [-0.1, -0.05) is 42.5 Å². The third-order valence-electron chi connectivity index (χ3n) is 3.76. The number of sulfonamides is 1. The van der Waals surface area contributed by atoms with Crippen LogP contribution < -0.4 is 10.5 Å². The first kappa shape index (κ1) is 15.5. The van der Waals surface area contributed by atoms with Gasteiger partial charge in [-0.2, -0.15) is 0 Å². The SMILES string of the molecule is Nc1ccc(S(=O)(=O)NCCc2cccc3ccccc23)cc1. The van der Waals surface area contributed by atoms with Crippen LogP contribution in [0.25, 0.3) is 10.8 Å². The minimum atomic E-state index is -3.51. The second-order valence-corrected chi connectivity index (χ2v) is 7.12. The highest BCUT2D eigenvalue weighted by atomic mass is 32.2. The van der Waals surface area contributed by atoms with Crippen molar-refractivity contribution in [2.45, 2.75) is 11.3 Å². The van der Waals surface area contributed by atoms with Gasteiger partial charge < -0.3 is 5.73 Å². The van der Waals surface area contributed by atoms with E-state index in [-0.39, 0.29) is 4.90 Å². The molecule has 0 saturated carbocycles. The molecule has 118 valence electrons. The highest BCUT2D eigenvalue weighted by Crippen LogP contribution is 2.19. The van der Waals surface area contributed by atoms with Crippen LogP contribution >= 0.6 is 0 Å². The van der Waals surface area contributed by atoms with Crippen molar-refractivity contribution in [1.82, 2.24) is 4.72 Å². The summed E-state index contributed by atoms with van der Waals surface area (Å²) in [4.78, 5) is 0.226. The molecular weight excluding hydrogens is 308 g/mol. The van der Waals surface area contributed by atoms with Gasteiger partial charge in [0.25, 0.3) is 0 Å². The predicted molar refractivity (Wildman–Crippen MR) is 93.7 cm³/mol. The average Bonchev–Trinajstić information content (AvgIpc) is 2.55. The standard InChI is InChI=1S/C18H18N2O2S/c19-16-8-10-17(11-9-16)23(21,22)20-13-12-15-6-3-5-14-4-1-2-7-18(14)15/h1-11,20H,12-13,19H2. The minimum absolute atomic E-state index is 0.226. The van der Waals surface area contributed by atoms with E-state index in [4.69, 9.17) is 5.73 Å². The van der Waals surface area contributed by atoms with Crippen LogP contribution in [0.3, 0.4) is 0 Å². The fraction of sp³-hybridized carbons (Fsp3) is 0.111. The Balaban J connectivity index is 1.72. The summed E-state index contributed by atoms with van der Waals surface area (Å²) < 4.78 is 27.1. The van der Waals surface area contributed by atoms with Gasteiger partial charge in [-0.25, -0.2) is 13.1 Å². The molecule has 0 aromatic heterocycles. The van der Waals surface area contributed by atoms with E-state index in [0.717, 1.165) is 16.3 Å². The van der Waals surface area contributed by atoms with E-state index >= 15 is 0 Å². The van der Waals surface area contributed by atoms with Crippen molar-refractivity contribution in [2.75, 3.05) is 12.3 Å². The third kappa shape index (κ3) is 3.52.